The van der Waals surface area contributed by atoms with E-state index in [9.17, 15) is 9.50 Å². The highest BCUT2D eigenvalue weighted by Gasteiger charge is 2.33. The van der Waals surface area contributed by atoms with Gasteiger partial charge < -0.3 is 15.3 Å². The predicted octanol–water partition coefficient (Wildman–Crippen LogP) is 2.18. The number of hydrogen-bond acceptors (Lipinski definition) is 3. The number of β-amino-alcohol motifs (C(OH)–C–C–N with tert-alkyl or cyclic N) is 1. The molecule has 4 heteroatoms. The summed E-state index contributed by atoms with van der Waals surface area (Å²) in [5.74, 6) is 0.109. The molecule has 0 amide bonds. The van der Waals surface area contributed by atoms with Crippen molar-refractivity contribution in [3.8, 4) is 0 Å². The summed E-state index contributed by atoms with van der Waals surface area (Å²) in [6.45, 7) is 6.47. The maximum absolute atomic E-state index is 13.9. The lowest BCUT2D eigenvalue weighted by Gasteiger charge is -2.29. The van der Waals surface area contributed by atoms with Crippen LogP contribution in [0.5, 0.6) is 0 Å². The fourth-order valence-corrected chi connectivity index (χ4v) is 3.18. The van der Waals surface area contributed by atoms with Crippen molar-refractivity contribution in [2.75, 3.05) is 26.7 Å². The van der Waals surface area contributed by atoms with Crippen LogP contribution in [-0.2, 0) is 0 Å². The maximum atomic E-state index is 13.9. The lowest BCUT2D eigenvalue weighted by atomic mass is 9.93. The van der Waals surface area contributed by atoms with E-state index in [1.54, 1.807) is 6.07 Å². The normalized spacial score (nSPS) is 26.6. The first-order valence-corrected chi connectivity index (χ1v) is 7.29. The molecular weight excluding hydrogens is 255 g/mol. The Labute approximate surface area is 120 Å². The monoisotopic (exact) mass is 280 g/mol. The molecule has 1 aliphatic heterocycles. The number of nitrogens with one attached hydrogen (secondary N) is 1. The third-order valence-electron chi connectivity index (χ3n) is 4.20. The van der Waals surface area contributed by atoms with Gasteiger partial charge in [-0.3, -0.25) is 0 Å². The zero-order chi connectivity index (χ0) is 14.8. The lowest BCUT2D eigenvalue weighted by Crippen LogP contribution is -2.36. The third kappa shape index (κ3) is 3.57. The number of nitrogens with zero attached hydrogens (tertiary/aromatic N) is 1. The molecule has 0 radical (unpaired) electrons. The van der Waals surface area contributed by atoms with Gasteiger partial charge in [-0.05, 0) is 32.4 Å². The zero-order valence-corrected chi connectivity index (χ0v) is 12.6. The minimum Gasteiger partial charge on any atom is -0.389 e. The fraction of sp³-hybridized carbons (Fsp3) is 0.625. The summed E-state index contributed by atoms with van der Waals surface area (Å²) in [4.78, 5) is 2.26. The Morgan fingerprint density at radius 3 is 2.70 bits per heavy atom. The predicted molar refractivity (Wildman–Crippen MR) is 79.0 cm³/mol. The van der Waals surface area contributed by atoms with Gasteiger partial charge in [-0.2, -0.15) is 0 Å². The largest absolute Gasteiger partial charge is 0.389 e. The molecule has 1 fully saturated rings. The Kier molecular flexibility index (Phi) is 4.78. The molecule has 112 valence electrons. The number of halogens is 1. The van der Waals surface area contributed by atoms with Crippen molar-refractivity contribution in [1.82, 2.24) is 10.2 Å². The van der Waals surface area contributed by atoms with Crippen molar-refractivity contribution >= 4 is 0 Å². The zero-order valence-electron chi connectivity index (χ0n) is 12.6. The topological polar surface area (TPSA) is 35.5 Å². The van der Waals surface area contributed by atoms with Crippen LogP contribution in [0.4, 0.5) is 4.39 Å². The van der Waals surface area contributed by atoms with E-state index >= 15 is 0 Å². The molecule has 3 nitrogen and oxygen atoms in total. The van der Waals surface area contributed by atoms with Crippen LogP contribution in [0.15, 0.2) is 24.3 Å². The van der Waals surface area contributed by atoms with E-state index in [1.165, 1.54) is 6.07 Å². The molecule has 1 saturated heterocycles. The smallest absolute Gasteiger partial charge is 0.127 e. The van der Waals surface area contributed by atoms with Crippen LogP contribution in [0.1, 0.15) is 31.9 Å². The van der Waals surface area contributed by atoms with Gasteiger partial charge in [0, 0.05) is 31.2 Å². The molecule has 1 aromatic rings. The number of hydrogen-bond donors (Lipinski definition) is 2. The van der Waals surface area contributed by atoms with Crippen LogP contribution >= 0.6 is 0 Å². The van der Waals surface area contributed by atoms with Crippen molar-refractivity contribution in [3.63, 3.8) is 0 Å². The van der Waals surface area contributed by atoms with Gasteiger partial charge in [0.05, 0.1) is 5.60 Å². The summed E-state index contributed by atoms with van der Waals surface area (Å²) >= 11 is 0. The number of rotatable bonds is 5. The highest BCUT2D eigenvalue weighted by atomic mass is 19.1. The van der Waals surface area contributed by atoms with Gasteiger partial charge >= 0.3 is 0 Å². The number of benzene rings is 1. The molecule has 1 aliphatic rings. The molecule has 0 bridgehead atoms. The molecule has 0 aliphatic carbocycles. The molecule has 0 aromatic heterocycles. The van der Waals surface area contributed by atoms with Crippen LogP contribution < -0.4 is 5.32 Å². The van der Waals surface area contributed by atoms with Gasteiger partial charge in [0.15, 0.2) is 0 Å². The Morgan fingerprint density at radius 2 is 2.15 bits per heavy atom. The second-order valence-corrected chi connectivity index (χ2v) is 6.25. The molecular formula is C16H25FN2O. The molecule has 2 N–H and O–H groups in total. The van der Waals surface area contributed by atoms with E-state index in [1.807, 2.05) is 26.1 Å². The quantitative estimate of drug-likeness (QED) is 0.868. The van der Waals surface area contributed by atoms with Crippen LogP contribution in [-0.4, -0.2) is 42.3 Å². The average molecular weight is 280 g/mol. The van der Waals surface area contributed by atoms with E-state index < -0.39 is 5.60 Å². The van der Waals surface area contributed by atoms with Crippen LogP contribution in [0, 0.1) is 11.7 Å². The van der Waals surface area contributed by atoms with Crippen LogP contribution in [0.25, 0.3) is 0 Å². The van der Waals surface area contributed by atoms with E-state index in [0.717, 1.165) is 19.5 Å². The third-order valence-corrected chi connectivity index (χ3v) is 4.20. The van der Waals surface area contributed by atoms with E-state index in [0.29, 0.717) is 12.1 Å². The Balaban J connectivity index is 2.03. The Bertz CT molecular complexity index is 450. The number of likely N-dealkylation sites (tertiary alicyclic amines) is 1. The highest BCUT2D eigenvalue weighted by molar-refractivity contribution is 5.21. The summed E-state index contributed by atoms with van der Waals surface area (Å²) in [7, 11) is 1.87. The maximum Gasteiger partial charge on any atom is 0.127 e. The average Bonchev–Trinajstić information content (AvgIpc) is 2.72. The molecule has 20 heavy (non-hydrogen) atoms. The SMILES string of the molecule is CNC(c1ccccc1F)C(C)CN1CCC(C)(O)C1. The Hall–Kier alpha value is -0.970. The van der Waals surface area contributed by atoms with E-state index in [2.05, 4.69) is 17.1 Å². The summed E-state index contributed by atoms with van der Waals surface area (Å²) in [6, 6.07) is 6.92. The van der Waals surface area contributed by atoms with Gasteiger partial charge in [0.2, 0.25) is 0 Å². The molecule has 0 spiro atoms. The first kappa shape index (κ1) is 15.4. The first-order valence-electron chi connectivity index (χ1n) is 7.29. The van der Waals surface area contributed by atoms with E-state index in [-0.39, 0.29) is 17.8 Å². The van der Waals surface area contributed by atoms with Gasteiger partial charge in [0.1, 0.15) is 5.82 Å². The van der Waals surface area contributed by atoms with Gasteiger partial charge in [-0.1, -0.05) is 25.1 Å². The second-order valence-electron chi connectivity index (χ2n) is 6.25. The second kappa shape index (κ2) is 6.20. The molecule has 0 saturated carbocycles. The van der Waals surface area contributed by atoms with Crippen molar-refractivity contribution in [2.45, 2.75) is 31.9 Å². The highest BCUT2D eigenvalue weighted by Crippen LogP contribution is 2.27. The van der Waals surface area contributed by atoms with Crippen molar-refractivity contribution in [2.24, 2.45) is 5.92 Å². The summed E-state index contributed by atoms with van der Waals surface area (Å²) in [5, 5.41) is 13.2. The van der Waals surface area contributed by atoms with Crippen molar-refractivity contribution in [1.29, 1.82) is 0 Å². The number of aliphatic hydroxyl groups is 1. The molecule has 1 heterocycles. The fourth-order valence-electron chi connectivity index (χ4n) is 3.18. The summed E-state index contributed by atoms with van der Waals surface area (Å²) in [6.07, 6.45) is 0.809. The molecule has 2 rings (SSSR count). The minimum atomic E-state index is -0.577. The summed E-state index contributed by atoms with van der Waals surface area (Å²) < 4.78 is 13.9. The van der Waals surface area contributed by atoms with Crippen molar-refractivity contribution < 1.29 is 9.50 Å². The minimum absolute atomic E-state index is 0.0123. The van der Waals surface area contributed by atoms with Gasteiger partial charge in [-0.15, -0.1) is 0 Å². The van der Waals surface area contributed by atoms with Gasteiger partial charge in [-0.25, -0.2) is 4.39 Å². The first-order chi connectivity index (χ1) is 9.43. The molecule has 3 unspecified atom stereocenters. The standard InChI is InChI=1S/C16H25FN2O/c1-12(10-19-9-8-16(2,20)11-19)15(18-3)13-6-4-5-7-14(13)17/h4-7,12,15,18,20H,8-11H2,1-3H3. The molecule has 3 atom stereocenters. The van der Waals surface area contributed by atoms with E-state index in [4.69, 9.17) is 0 Å². The van der Waals surface area contributed by atoms with Crippen LogP contribution in [0.2, 0.25) is 0 Å². The Morgan fingerprint density at radius 1 is 1.45 bits per heavy atom. The summed E-state index contributed by atoms with van der Waals surface area (Å²) in [5.41, 5.74) is 0.140. The van der Waals surface area contributed by atoms with Crippen molar-refractivity contribution in [3.05, 3.63) is 35.6 Å². The van der Waals surface area contributed by atoms with Gasteiger partial charge in [0.25, 0.3) is 0 Å². The van der Waals surface area contributed by atoms with Crippen LogP contribution in [0.3, 0.4) is 0 Å². The molecule has 1 aromatic carbocycles. The lowest BCUT2D eigenvalue weighted by molar-refractivity contribution is 0.0661.